The number of hydrogen-bond acceptors (Lipinski definition) is 4. The van der Waals surface area contributed by atoms with Gasteiger partial charge in [-0.15, -0.1) is 11.3 Å². The standard InChI is InChI=1S/C12H16BrClN2O2S/c1-18-5-4-16-10(17)3-2-8(15)11(16)9-6-7(13)12(14)19-9/h6,8,11H,2-5,15H2,1H3. The van der Waals surface area contributed by atoms with Crippen LogP contribution in [-0.4, -0.2) is 37.1 Å². The summed E-state index contributed by atoms with van der Waals surface area (Å²) in [5, 5.41) is 0. The summed E-state index contributed by atoms with van der Waals surface area (Å²) in [5.74, 6) is 0.129. The summed E-state index contributed by atoms with van der Waals surface area (Å²) in [6, 6.07) is 1.79. The molecule has 2 heterocycles. The maximum atomic E-state index is 12.1. The second-order valence-corrected chi connectivity index (χ2v) is 7.04. The van der Waals surface area contributed by atoms with Crippen molar-refractivity contribution in [3.63, 3.8) is 0 Å². The summed E-state index contributed by atoms with van der Waals surface area (Å²) in [7, 11) is 1.63. The fourth-order valence-corrected chi connectivity index (χ4v) is 4.23. The van der Waals surface area contributed by atoms with Gasteiger partial charge in [-0.1, -0.05) is 11.6 Å². The summed E-state index contributed by atoms with van der Waals surface area (Å²) >= 11 is 11.0. The molecule has 0 saturated carbocycles. The number of nitrogens with zero attached hydrogens (tertiary/aromatic N) is 1. The van der Waals surface area contributed by atoms with Gasteiger partial charge in [-0.05, 0) is 28.4 Å². The lowest BCUT2D eigenvalue weighted by atomic mass is 9.95. The van der Waals surface area contributed by atoms with Crippen LogP contribution in [0.5, 0.6) is 0 Å². The first-order chi connectivity index (χ1) is 9.04. The van der Waals surface area contributed by atoms with Crippen LogP contribution < -0.4 is 5.73 Å². The second kappa shape index (κ2) is 6.54. The number of hydrogen-bond donors (Lipinski definition) is 1. The molecule has 1 amide bonds. The largest absolute Gasteiger partial charge is 0.383 e. The fraction of sp³-hybridized carbons (Fsp3) is 0.583. The molecule has 0 spiro atoms. The summed E-state index contributed by atoms with van der Waals surface area (Å²) in [5.41, 5.74) is 6.21. The fourth-order valence-electron chi connectivity index (χ4n) is 2.30. The van der Waals surface area contributed by atoms with E-state index in [0.29, 0.717) is 30.3 Å². The van der Waals surface area contributed by atoms with Crippen molar-refractivity contribution in [2.75, 3.05) is 20.3 Å². The normalized spacial score (nSPS) is 24.0. The van der Waals surface area contributed by atoms with Gasteiger partial charge in [0.15, 0.2) is 0 Å². The predicted octanol–water partition coefficient (Wildman–Crippen LogP) is 2.80. The number of carbonyl (C=O) groups excluding carboxylic acids is 1. The van der Waals surface area contributed by atoms with Crippen molar-refractivity contribution in [3.05, 3.63) is 19.8 Å². The van der Waals surface area contributed by atoms with Gasteiger partial charge in [-0.2, -0.15) is 0 Å². The van der Waals surface area contributed by atoms with Gasteiger partial charge in [-0.25, -0.2) is 0 Å². The SMILES string of the molecule is COCCN1C(=O)CCC(N)C1c1cc(Br)c(Cl)s1. The Labute approximate surface area is 130 Å². The molecule has 7 heteroatoms. The average molecular weight is 368 g/mol. The molecule has 2 unspecified atom stereocenters. The molecule has 0 radical (unpaired) electrons. The van der Waals surface area contributed by atoms with Gasteiger partial charge in [0.2, 0.25) is 5.91 Å². The van der Waals surface area contributed by atoms with Crippen LogP contribution in [0.1, 0.15) is 23.8 Å². The number of methoxy groups -OCH3 is 1. The zero-order valence-electron chi connectivity index (χ0n) is 10.6. The Balaban J connectivity index is 2.27. The number of piperidine rings is 1. The van der Waals surface area contributed by atoms with Crippen LogP contribution in [0.4, 0.5) is 0 Å². The molecule has 4 nitrogen and oxygen atoms in total. The number of halogens is 2. The number of thiophene rings is 1. The lowest BCUT2D eigenvalue weighted by Gasteiger charge is -2.39. The summed E-state index contributed by atoms with van der Waals surface area (Å²) in [6.07, 6.45) is 1.21. The van der Waals surface area contributed by atoms with Gasteiger partial charge >= 0.3 is 0 Å². The molecule has 1 aromatic heterocycles. The highest BCUT2D eigenvalue weighted by Gasteiger charge is 2.35. The van der Waals surface area contributed by atoms with Crippen molar-refractivity contribution in [2.24, 2.45) is 5.73 Å². The Morgan fingerprint density at radius 1 is 1.68 bits per heavy atom. The van der Waals surface area contributed by atoms with Gasteiger partial charge in [0.05, 0.1) is 12.6 Å². The van der Waals surface area contributed by atoms with Crippen molar-refractivity contribution in [2.45, 2.75) is 24.9 Å². The lowest BCUT2D eigenvalue weighted by molar-refractivity contribution is -0.138. The molecule has 1 aliphatic rings. The van der Waals surface area contributed by atoms with Crippen LogP contribution in [0.15, 0.2) is 10.5 Å². The zero-order valence-corrected chi connectivity index (χ0v) is 13.7. The van der Waals surface area contributed by atoms with Gasteiger partial charge in [0.25, 0.3) is 0 Å². The van der Waals surface area contributed by atoms with Crippen molar-refractivity contribution < 1.29 is 9.53 Å². The third kappa shape index (κ3) is 3.31. The van der Waals surface area contributed by atoms with E-state index in [0.717, 1.165) is 9.35 Å². The molecule has 2 atom stereocenters. The molecule has 1 saturated heterocycles. The molecular formula is C12H16BrClN2O2S. The first-order valence-electron chi connectivity index (χ1n) is 6.03. The molecule has 2 rings (SSSR count). The van der Waals surface area contributed by atoms with Gasteiger partial charge in [-0.3, -0.25) is 4.79 Å². The van der Waals surface area contributed by atoms with E-state index in [2.05, 4.69) is 15.9 Å². The highest BCUT2D eigenvalue weighted by molar-refractivity contribution is 9.10. The maximum Gasteiger partial charge on any atom is 0.223 e. The lowest BCUT2D eigenvalue weighted by Crippen LogP contribution is -2.49. The highest BCUT2D eigenvalue weighted by atomic mass is 79.9. The minimum absolute atomic E-state index is 0.0591. The predicted molar refractivity (Wildman–Crippen MR) is 80.6 cm³/mol. The summed E-state index contributed by atoms with van der Waals surface area (Å²) in [6.45, 7) is 1.07. The minimum atomic E-state index is -0.106. The number of nitrogens with two attached hydrogens (primary N) is 1. The average Bonchev–Trinajstić information content (AvgIpc) is 2.70. The van der Waals surface area contributed by atoms with Crippen LogP contribution >= 0.6 is 38.9 Å². The number of amides is 1. The minimum Gasteiger partial charge on any atom is -0.383 e. The van der Waals surface area contributed by atoms with Crippen molar-refractivity contribution in [1.29, 1.82) is 0 Å². The van der Waals surface area contributed by atoms with Crippen molar-refractivity contribution >= 4 is 44.8 Å². The summed E-state index contributed by atoms with van der Waals surface area (Å²) in [4.78, 5) is 14.9. The topological polar surface area (TPSA) is 55.6 Å². The molecule has 1 aliphatic heterocycles. The van der Waals surface area contributed by atoms with Crippen molar-refractivity contribution in [1.82, 2.24) is 4.90 Å². The van der Waals surface area contributed by atoms with E-state index in [-0.39, 0.29) is 18.0 Å². The van der Waals surface area contributed by atoms with Gasteiger partial charge in [0, 0.05) is 35.5 Å². The van der Waals surface area contributed by atoms with Gasteiger partial charge < -0.3 is 15.4 Å². The number of rotatable bonds is 4. The third-order valence-corrected chi connectivity index (χ3v) is 5.79. The molecule has 1 aromatic rings. The van der Waals surface area contributed by atoms with E-state index in [1.807, 2.05) is 11.0 Å². The Bertz CT molecular complexity index is 449. The summed E-state index contributed by atoms with van der Waals surface area (Å²) < 4.78 is 6.61. The Morgan fingerprint density at radius 2 is 2.42 bits per heavy atom. The van der Waals surface area contributed by atoms with E-state index in [1.165, 1.54) is 11.3 Å². The third-order valence-electron chi connectivity index (χ3n) is 3.25. The molecule has 0 aromatic carbocycles. The molecule has 1 fully saturated rings. The monoisotopic (exact) mass is 366 g/mol. The number of ether oxygens (including phenoxy) is 1. The Hall–Kier alpha value is -0.140. The molecule has 19 heavy (non-hydrogen) atoms. The molecule has 2 N–H and O–H groups in total. The van der Waals surface area contributed by atoms with E-state index in [1.54, 1.807) is 7.11 Å². The molecule has 0 bridgehead atoms. The van der Waals surface area contributed by atoms with Gasteiger partial charge in [0.1, 0.15) is 4.34 Å². The molecule has 106 valence electrons. The first kappa shape index (κ1) is 15.3. The second-order valence-electron chi connectivity index (χ2n) is 4.50. The maximum absolute atomic E-state index is 12.1. The Morgan fingerprint density at radius 3 is 3.00 bits per heavy atom. The molecular weight excluding hydrogens is 352 g/mol. The van der Waals surface area contributed by atoms with Crippen LogP contribution in [0.3, 0.4) is 0 Å². The quantitative estimate of drug-likeness (QED) is 0.890. The number of carbonyl (C=O) groups is 1. The smallest absolute Gasteiger partial charge is 0.223 e. The Kier molecular flexibility index (Phi) is 5.25. The van der Waals surface area contributed by atoms with E-state index in [4.69, 9.17) is 22.1 Å². The zero-order chi connectivity index (χ0) is 14.0. The van der Waals surface area contributed by atoms with Crippen LogP contribution in [0.2, 0.25) is 4.34 Å². The van der Waals surface area contributed by atoms with E-state index >= 15 is 0 Å². The molecule has 0 aliphatic carbocycles. The van der Waals surface area contributed by atoms with Crippen LogP contribution in [0.25, 0.3) is 0 Å². The first-order valence-corrected chi connectivity index (χ1v) is 8.02. The van der Waals surface area contributed by atoms with E-state index < -0.39 is 0 Å². The number of likely N-dealkylation sites (tertiary alicyclic amines) is 1. The van der Waals surface area contributed by atoms with Crippen LogP contribution in [-0.2, 0) is 9.53 Å². The van der Waals surface area contributed by atoms with Crippen molar-refractivity contribution in [3.8, 4) is 0 Å². The highest BCUT2D eigenvalue weighted by Crippen LogP contribution is 2.40. The van der Waals surface area contributed by atoms with Crippen LogP contribution in [0, 0.1) is 0 Å². The van der Waals surface area contributed by atoms with E-state index in [9.17, 15) is 4.79 Å².